The average molecular weight is 250 g/mol. The van der Waals surface area contributed by atoms with E-state index in [9.17, 15) is 14.0 Å². The third-order valence-corrected chi connectivity index (χ3v) is 3.22. The standard InChI is InChI=1S/C13H15FN2O2/c1-7(12(15)17)16-13(18)10-6-9(10)8-4-2-3-5-11(8)14/h2-5,7,9-10H,6H2,1H3,(H2,15,17)(H,16,18). The second-order valence-corrected chi connectivity index (χ2v) is 4.60. The van der Waals surface area contributed by atoms with Crippen molar-refractivity contribution >= 4 is 11.8 Å². The predicted octanol–water partition coefficient (Wildman–Crippen LogP) is 0.919. The molecule has 1 aromatic rings. The van der Waals surface area contributed by atoms with Crippen molar-refractivity contribution < 1.29 is 14.0 Å². The van der Waals surface area contributed by atoms with Gasteiger partial charge in [-0.3, -0.25) is 9.59 Å². The van der Waals surface area contributed by atoms with E-state index < -0.39 is 11.9 Å². The van der Waals surface area contributed by atoms with E-state index in [2.05, 4.69) is 5.32 Å². The van der Waals surface area contributed by atoms with Gasteiger partial charge in [0.15, 0.2) is 0 Å². The summed E-state index contributed by atoms with van der Waals surface area (Å²) in [4.78, 5) is 22.6. The number of nitrogens with one attached hydrogen (secondary N) is 1. The Balaban J connectivity index is 1.97. The van der Waals surface area contributed by atoms with Crippen LogP contribution in [0.25, 0.3) is 0 Å². The average Bonchev–Trinajstić information content (AvgIpc) is 3.09. The Kier molecular flexibility index (Phi) is 3.32. The first-order valence-electron chi connectivity index (χ1n) is 5.85. The van der Waals surface area contributed by atoms with Gasteiger partial charge in [-0.05, 0) is 30.9 Å². The van der Waals surface area contributed by atoms with Crippen LogP contribution in [0.4, 0.5) is 4.39 Å². The highest BCUT2D eigenvalue weighted by molar-refractivity contribution is 5.89. The molecule has 0 heterocycles. The summed E-state index contributed by atoms with van der Waals surface area (Å²) in [5, 5.41) is 2.52. The van der Waals surface area contributed by atoms with Crippen LogP contribution in [0.3, 0.4) is 0 Å². The van der Waals surface area contributed by atoms with Crippen LogP contribution in [-0.2, 0) is 9.59 Å². The summed E-state index contributed by atoms with van der Waals surface area (Å²) in [7, 11) is 0. The molecule has 0 radical (unpaired) electrons. The molecule has 18 heavy (non-hydrogen) atoms. The molecular formula is C13H15FN2O2. The van der Waals surface area contributed by atoms with E-state index in [1.54, 1.807) is 18.2 Å². The maximum absolute atomic E-state index is 13.5. The van der Waals surface area contributed by atoms with E-state index in [0.717, 1.165) is 0 Å². The van der Waals surface area contributed by atoms with E-state index in [1.165, 1.54) is 13.0 Å². The molecule has 1 aliphatic carbocycles. The lowest BCUT2D eigenvalue weighted by atomic mass is 10.1. The lowest BCUT2D eigenvalue weighted by Gasteiger charge is -2.09. The summed E-state index contributed by atoms with van der Waals surface area (Å²) in [6.45, 7) is 1.53. The zero-order chi connectivity index (χ0) is 13.3. The van der Waals surface area contributed by atoms with Crippen LogP contribution >= 0.6 is 0 Å². The maximum atomic E-state index is 13.5. The van der Waals surface area contributed by atoms with Gasteiger partial charge in [-0.25, -0.2) is 4.39 Å². The maximum Gasteiger partial charge on any atom is 0.239 e. The molecule has 2 amide bonds. The minimum Gasteiger partial charge on any atom is -0.368 e. The molecule has 96 valence electrons. The molecule has 4 nitrogen and oxygen atoms in total. The van der Waals surface area contributed by atoms with Gasteiger partial charge in [-0.2, -0.15) is 0 Å². The second kappa shape index (κ2) is 4.76. The van der Waals surface area contributed by atoms with Gasteiger partial charge in [0.2, 0.25) is 11.8 Å². The Hall–Kier alpha value is -1.91. The van der Waals surface area contributed by atoms with Crippen molar-refractivity contribution in [2.45, 2.75) is 25.3 Å². The van der Waals surface area contributed by atoms with E-state index >= 15 is 0 Å². The van der Waals surface area contributed by atoms with Crippen molar-refractivity contribution in [1.29, 1.82) is 0 Å². The molecule has 3 unspecified atom stereocenters. The zero-order valence-electron chi connectivity index (χ0n) is 10.0. The number of primary amides is 1. The molecule has 0 saturated heterocycles. The largest absolute Gasteiger partial charge is 0.368 e. The molecule has 2 rings (SSSR count). The van der Waals surface area contributed by atoms with Gasteiger partial charge in [0.1, 0.15) is 11.9 Å². The molecule has 5 heteroatoms. The first kappa shape index (κ1) is 12.5. The topological polar surface area (TPSA) is 72.2 Å². The van der Waals surface area contributed by atoms with Crippen molar-refractivity contribution in [1.82, 2.24) is 5.32 Å². The number of hydrogen-bond acceptors (Lipinski definition) is 2. The van der Waals surface area contributed by atoms with E-state index in [-0.39, 0.29) is 23.6 Å². The van der Waals surface area contributed by atoms with Gasteiger partial charge in [0.25, 0.3) is 0 Å². The first-order valence-corrected chi connectivity index (χ1v) is 5.85. The Morgan fingerprint density at radius 2 is 2.11 bits per heavy atom. The number of carbonyl (C=O) groups is 2. The summed E-state index contributed by atoms with van der Waals surface area (Å²) >= 11 is 0. The Labute approximate surface area is 104 Å². The molecule has 1 aliphatic rings. The van der Waals surface area contributed by atoms with Crippen LogP contribution in [0.1, 0.15) is 24.8 Å². The predicted molar refractivity (Wildman–Crippen MR) is 64.0 cm³/mol. The molecular weight excluding hydrogens is 235 g/mol. The van der Waals surface area contributed by atoms with Crippen LogP contribution in [0.5, 0.6) is 0 Å². The van der Waals surface area contributed by atoms with Gasteiger partial charge in [-0.1, -0.05) is 18.2 Å². The van der Waals surface area contributed by atoms with Crippen LogP contribution < -0.4 is 11.1 Å². The molecule has 1 fully saturated rings. The number of hydrogen-bond donors (Lipinski definition) is 2. The molecule has 0 aliphatic heterocycles. The Morgan fingerprint density at radius 1 is 1.44 bits per heavy atom. The number of halogens is 1. The fourth-order valence-electron chi connectivity index (χ4n) is 2.00. The fourth-order valence-corrected chi connectivity index (χ4v) is 2.00. The molecule has 0 aromatic heterocycles. The highest BCUT2D eigenvalue weighted by Crippen LogP contribution is 2.48. The molecule has 1 saturated carbocycles. The molecule has 3 atom stereocenters. The van der Waals surface area contributed by atoms with Gasteiger partial charge < -0.3 is 11.1 Å². The third kappa shape index (κ3) is 2.50. The molecule has 0 spiro atoms. The molecule has 1 aromatic carbocycles. The van der Waals surface area contributed by atoms with Gasteiger partial charge >= 0.3 is 0 Å². The summed E-state index contributed by atoms with van der Waals surface area (Å²) in [6.07, 6.45) is 0.609. The van der Waals surface area contributed by atoms with Crippen LogP contribution in [-0.4, -0.2) is 17.9 Å². The number of rotatable bonds is 4. The number of nitrogens with two attached hydrogens (primary N) is 1. The minimum atomic E-state index is -0.695. The van der Waals surface area contributed by atoms with E-state index in [4.69, 9.17) is 5.73 Å². The quantitative estimate of drug-likeness (QED) is 0.834. The smallest absolute Gasteiger partial charge is 0.239 e. The van der Waals surface area contributed by atoms with Gasteiger partial charge in [-0.15, -0.1) is 0 Å². The molecule has 0 bridgehead atoms. The lowest BCUT2D eigenvalue weighted by molar-refractivity contribution is -0.127. The Bertz CT molecular complexity index is 490. The minimum absolute atomic E-state index is 0.0914. The summed E-state index contributed by atoms with van der Waals surface area (Å²) < 4.78 is 13.5. The second-order valence-electron chi connectivity index (χ2n) is 4.60. The first-order chi connectivity index (χ1) is 8.50. The van der Waals surface area contributed by atoms with Crippen LogP contribution in [0, 0.1) is 11.7 Å². The number of benzene rings is 1. The highest BCUT2D eigenvalue weighted by Gasteiger charge is 2.45. The normalized spacial score (nSPS) is 23.2. The van der Waals surface area contributed by atoms with Crippen molar-refractivity contribution in [3.05, 3.63) is 35.6 Å². The third-order valence-electron chi connectivity index (χ3n) is 3.22. The van der Waals surface area contributed by atoms with Crippen molar-refractivity contribution in [3.8, 4) is 0 Å². The summed E-state index contributed by atoms with van der Waals surface area (Å²) in [5.74, 6) is -1.46. The van der Waals surface area contributed by atoms with Crippen molar-refractivity contribution in [2.75, 3.05) is 0 Å². The Morgan fingerprint density at radius 3 is 2.72 bits per heavy atom. The fraction of sp³-hybridized carbons (Fsp3) is 0.385. The summed E-state index contributed by atoms with van der Waals surface area (Å²) in [5.41, 5.74) is 5.62. The SMILES string of the molecule is CC(NC(=O)C1CC1c1ccccc1F)C(N)=O. The van der Waals surface area contributed by atoms with Gasteiger partial charge in [0.05, 0.1) is 0 Å². The van der Waals surface area contributed by atoms with E-state index in [0.29, 0.717) is 12.0 Å². The number of carbonyl (C=O) groups excluding carboxylic acids is 2. The highest BCUT2D eigenvalue weighted by atomic mass is 19.1. The van der Waals surface area contributed by atoms with Crippen molar-refractivity contribution in [2.24, 2.45) is 11.7 Å². The van der Waals surface area contributed by atoms with Crippen LogP contribution in [0.15, 0.2) is 24.3 Å². The van der Waals surface area contributed by atoms with Crippen LogP contribution in [0.2, 0.25) is 0 Å². The lowest BCUT2D eigenvalue weighted by Crippen LogP contribution is -2.43. The molecule has 3 N–H and O–H groups in total. The zero-order valence-corrected chi connectivity index (χ0v) is 10.0. The van der Waals surface area contributed by atoms with Gasteiger partial charge in [0, 0.05) is 5.92 Å². The van der Waals surface area contributed by atoms with Crippen molar-refractivity contribution in [3.63, 3.8) is 0 Å². The van der Waals surface area contributed by atoms with E-state index in [1.807, 2.05) is 0 Å². The monoisotopic (exact) mass is 250 g/mol. The summed E-state index contributed by atoms with van der Waals surface area (Å²) in [6, 6.07) is 5.74. The number of amides is 2.